The Morgan fingerprint density at radius 2 is 2.06 bits per heavy atom. The molecule has 0 aliphatic rings. The van der Waals surface area contributed by atoms with E-state index in [-0.39, 0.29) is 0 Å². The summed E-state index contributed by atoms with van der Waals surface area (Å²) in [5.41, 5.74) is 8.83. The Bertz CT molecular complexity index is 555. The van der Waals surface area contributed by atoms with Crippen LogP contribution < -0.4 is 5.73 Å². The van der Waals surface area contributed by atoms with E-state index < -0.39 is 0 Å². The van der Waals surface area contributed by atoms with Gasteiger partial charge >= 0.3 is 0 Å². The normalized spacial score (nSPS) is 11.2. The molecular formula is C14H20N4. The molecule has 0 unspecified atom stereocenters. The van der Waals surface area contributed by atoms with Crippen molar-refractivity contribution in [1.82, 2.24) is 14.8 Å². The highest BCUT2D eigenvalue weighted by atomic mass is 15.3. The van der Waals surface area contributed by atoms with Crippen molar-refractivity contribution in [2.75, 3.05) is 5.73 Å². The minimum absolute atomic E-state index is 0.559. The number of nitrogens with zero attached hydrogens (tertiary/aromatic N) is 3. The maximum atomic E-state index is 5.94. The Kier molecular flexibility index (Phi) is 3.36. The molecule has 0 fully saturated rings. The van der Waals surface area contributed by atoms with Gasteiger partial charge in [-0.05, 0) is 24.5 Å². The SMILES string of the molecule is Cc1ccc(-c2nc(CC(C)C)nn2C)cc1N. The lowest BCUT2D eigenvalue weighted by atomic mass is 10.1. The van der Waals surface area contributed by atoms with Crippen LogP contribution in [0.4, 0.5) is 5.69 Å². The van der Waals surface area contributed by atoms with E-state index in [9.17, 15) is 0 Å². The minimum Gasteiger partial charge on any atom is -0.398 e. The molecule has 1 heterocycles. The maximum Gasteiger partial charge on any atom is 0.158 e. The molecule has 2 N–H and O–H groups in total. The fourth-order valence-corrected chi connectivity index (χ4v) is 1.92. The van der Waals surface area contributed by atoms with Gasteiger partial charge in [0.15, 0.2) is 11.6 Å². The van der Waals surface area contributed by atoms with Crippen LogP contribution in [0.15, 0.2) is 18.2 Å². The third-order valence-electron chi connectivity index (χ3n) is 2.94. The maximum absolute atomic E-state index is 5.94. The topological polar surface area (TPSA) is 56.7 Å². The van der Waals surface area contributed by atoms with Gasteiger partial charge in [0, 0.05) is 24.7 Å². The van der Waals surface area contributed by atoms with Gasteiger partial charge in [0.25, 0.3) is 0 Å². The average molecular weight is 244 g/mol. The van der Waals surface area contributed by atoms with Crippen molar-refractivity contribution in [1.29, 1.82) is 0 Å². The summed E-state index contributed by atoms with van der Waals surface area (Å²) < 4.78 is 1.82. The summed E-state index contributed by atoms with van der Waals surface area (Å²) in [6.07, 6.45) is 0.898. The highest BCUT2D eigenvalue weighted by Crippen LogP contribution is 2.22. The molecule has 0 bridgehead atoms. The van der Waals surface area contributed by atoms with Crippen LogP contribution >= 0.6 is 0 Å². The number of aryl methyl sites for hydroxylation is 2. The molecule has 0 amide bonds. The highest BCUT2D eigenvalue weighted by molar-refractivity contribution is 5.63. The van der Waals surface area contributed by atoms with Crippen LogP contribution in [-0.2, 0) is 13.5 Å². The second-order valence-electron chi connectivity index (χ2n) is 5.14. The van der Waals surface area contributed by atoms with E-state index in [0.29, 0.717) is 5.92 Å². The van der Waals surface area contributed by atoms with Crippen molar-refractivity contribution in [2.45, 2.75) is 27.2 Å². The molecule has 0 atom stereocenters. The van der Waals surface area contributed by atoms with Crippen LogP contribution in [0.3, 0.4) is 0 Å². The van der Waals surface area contributed by atoms with Gasteiger partial charge in [0.2, 0.25) is 0 Å². The molecule has 1 aromatic heterocycles. The number of aromatic nitrogens is 3. The van der Waals surface area contributed by atoms with Crippen LogP contribution in [0.5, 0.6) is 0 Å². The number of hydrogen-bond acceptors (Lipinski definition) is 3. The molecule has 2 aromatic rings. The van der Waals surface area contributed by atoms with Gasteiger partial charge in [-0.2, -0.15) is 5.10 Å². The van der Waals surface area contributed by atoms with Gasteiger partial charge in [-0.25, -0.2) is 9.67 Å². The highest BCUT2D eigenvalue weighted by Gasteiger charge is 2.11. The zero-order chi connectivity index (χ0) is 13.3. The lowest BCUT2D eigenvalue weighted by Crippen LogP contribution is -1.98. The smallest absolute Gasteiger partial charge is 0.158 e. The first-order valence-electron chi connectivity index (χ1n) is 6.23. The molecule has 4 heteroatoms. The lowest BCUT2D eigenvalue weighted by Gasteiger charge is -2.03. The van der Waals surface area contributed by atoms with Gasteiger partial charge in [-0.15, -0.1) is 0 Å². The van der Waals surface area contributed by atoms with E-state index >= 15 is 0 Å². The Labute approximate surface area is 108 Å². The molecule has 18 heavy (non-hydrogen) atoms. The van der Waals surface area contributed by atoms with Crippen molar-refractivity contribution >= 4 is 5.69 Å². The van der Waals surface area contributed by atoms with E-state index in [2.05, 4.69) is 23.9 Å². The second-order valence-corrected chi connectivity index (χ2v) is 5.14. The van der Waals surface area contributed by atoms with E-state index in [0.717, 1.165) is 34.9 Å². The van der Waals surface area contributed by atoms with Crippen LogP contribution in [0.2, 0.25) is 0 Å². The van der Waals surface area contributed by atoms with Gasteiger partial charge in [-0.3, -0.25) is 0 Å². The van der Waals surface area contributed by atoms with Crippen LogP contribution in [-0.4, -0.2) is 14.8 Å². The number of anilines is 1. The quantitative estimate of drug-likeness (QED) is 0.844. The molecule has 0 spiro atoms. The van der Waals surface area contributed by atoms with E-state index in [1.54, 1.807) is 0 Å². The summed E-state index contributed by atoms with van der Waals surface area (Å²) in [5, 5.41) is 4.44. The summed E-state index contributed by atoms with van der Waals surface area (Å²) in [5.74, 6) is 2.32. The molecule has 96 valence electrons. The Morgan fingerprint density at radius 3 is 2.67 bits per heavy atom. The number of nitrogens with two attached hydrogens (primary N) is 1. The fraction of sp³-hybridized carbons (Fsp3) is 0.429. The fourth-order valence-electron chi connectivity index (χ4n) is 1.92. The number of nitrogen functional groups attached to an aromatic ring is 1. The third-order valence-corrected chi connectivity index (χ3v) is 2.94. The van der Waals surface area contributed by atoms with Crippen LogP contribution in [0.1, 0.15) is 25.2 Å². The first kappa shape index (κ1) is 12.6. The summed E-state index contributed by atoms with van der Waals surface area (Å²) in [6.45, 7) is 6.33. The lowest BCUT2D eigenvalue weighted by molar-refractivity contribution is 0.613. The molecule has 0 saturated carbocycles. The average Bonchev–Trinajstić information content (AvgIpc) is 2.62. The Morgan fingerprint density at radius 1 is 1.33 bits per heavy atom. The predicted molar refractivity (Wildman–Crippen MR) is 74.1 cm³/mol. The van der Waals surface area contributed by atoms with Gasteiger partial charge < -0.3 is 5.73 Å². The predicted octanol–water partition coefficient (Wildman–Crippen LogP) is 2.57. The summed E-state index contributed by atoms with van der Waals surface area (Å²) in [6, 6.07) is 6.01. The van der Waals surface area contributed by atoms with Crippen molar-refractivity contribution < 1.29 is 0 Å². The van der Waals surface area contributed by atoms with Gasteiger partial charge in [-0.1, -0.05) is 26.0 Å². The summed E-state index contributed by atoms with van der Waals surface area (Å²) in [7, 11) is 1.92. The van der Waals surface area contributed by atoms with Crippen molar-refractivity contribution in [2.24, 2.45) is 13.0 Å². The van der Waals surface area contributed by atoms with E-state index in [4.69, 9.17) is 5.73 Å². The van der Waals surface area contributed by atoms with Gasteiger partial charge in [0.05, 0.1) is 0 Å². The molecule has 4 nitrogen and oxygen atoms in total. The molecule has 0 aliphatic carbocycles. The zero-order valence-corrected chi connectivity index (χ0v) is 11.4. The molecule has 0 saturated heterocycles. The number of benzene rings is 1. The number of rotatable bonds is 3. The zero-order valence-electron chi connectivity index (χ0n) is 11.4. The standard InChI is InChI=1S/C14H20N4/c1-9(2)7-13-16-14(18(4)17-13)11-6-5-10(3)12(15)8-11/h5-6,8-9H,7,15H2,1-4H3. The minimum atomic E-state index is 0.559. The van der Waals surface area contributed by atoms with Crippen molar-refractivity contribution in [3.05, 3.63) is 29.6 Å². The molecular weight excluding hydrogens is 224 g/mol. The summed E-state index contributed by atoms with van der Waals surface area (Å²) >= 11 is 0. The molecule has 1 aromatic carbocycles. The summed E-state index contributed by atoms with van der Waals surface area (Å²) in [4.78, 5) is 4.59. The second kappa shape index (κ2) is 4.80. The third kappa shape index (κ3) is 2.53. The van der Waals surface area contributed by atoms with E-state index in [1.165, 1.54) is 0 Å². The molecule has 2 rings (SSSR count). The van der Waals surface area contributed by atoms with Crippen LogP contribution in [0.25, 0.3) is 11.4 Å². The largest absolute Gasteiger partial charge is 0.398 e. The monoisotopic (exact) mass is 244 g/mol. The van der Waals surface area contributed by atoms with Crippen LogP contribution in [0, 0.1) is 12.8 Å². The van der Waals surface area contributed by atoms with Crippen molar-refractivity contribution in [3.63, 3.8) is 0 Å². The molecule has 0 aliphatic heterocycles. The Balaban J connectivity index is 2.38. The molecule has 0 radical (unpaired) electrons. The van der Waals surface area contributed by atoms with Crippen molar-refractivity contribution in [3.8, 4) is 11.4 Å². The first-order chi connectivity index (χ1) is 8.47. The van der Waals surface area contributed by atoms with E-state index in [1.807, 2.05) is 36.9 Å². The first-order valence-corrected chi connectivity index (χ1v) is 6.23. The Hall–Kier alpha value is -1.84. The number of hydrogen-bond donors (Lipinski definition) is 1. The van der Waals surface area contributed by atoms with Gasteiger partial charge in [0.1, 0.15) is 0 Å².